The van der Waals surface area contributed by atoms with E-state index in [4.69, 9.17) is 0 Å². The molecule has 0 aliphatic carbocycles. The molecule has 1 aromatic carbocycles. The van der Waals surface area contributed by atoms with E-state index in [1.165, 1.54) is 12.1 Å². The van der Waals surface area contributed by atoms with E-state index in [9.17, 15) is 0 Å². The summed E-state index contributed by atoms with van der Waals surface area (Å²) >= 11 is 3.46. The van der Waals surface area contributed by atoms with Crippen LogP contribution in [-0.2, 0) is 0 Å². The zero-order valence-corrected chi connectivity index (χ0v) is 10.6. The Morgan fingerprint density at radius 2 is 2.13 bits per heavy atom. The van der Waals surface area contributed by atoms with Crippen LogP contribution >= 0.6 is 15.9 Å². The molecule has 1 aliphatic rings. The summed E-state index contributed by atoms with van der Waals surface area (Å²) in [6, 6.07) is 9.11. The van der Waals surface area contributed by atoms with Crippen molar-refractivity contribution >= 4 is 15.9 Å². The maximum absolute atomic E-state index is 3.56. The summed E-state index contributed by atoms with van der Waals surface area (Å²) in [5.41, 5.74) is 1.39. The lowest BCUT2D eigenvalue weighted by atomic mass is 10.0. The van der Waals surface area contributed by atoms with E-state index in [1.54, 1.807) is 0 Å². The maximum atomic E-state index is 3.56. The van der Waals surface area contributed by atoms with Gasteiger partial charge in [0.05, 0.1) is 0 Å². The van der Waals surface area contributed by atoms with Gasteiger partial charge in [0, 0.05) is 30.1 Å². The number of hydrogen-bond acceptors (Lipinski definition) is 2. The summed E-state index contributed by atoms with van der Waals surface area (Å²) in [5, 5.41) is 3.56. The number of nitrogens with zero attached hydrogens (tertiary/aromatic N) is 1. The molecule has 3 heteroatoms. The normalized spacial score (nSPS) is 22.9. The van der Waals surface area contributed by atoms with E-state index in [1.807, 2.05) is 0 Å². The zero-order valence-electron chi connectivity index (χ0n) is 9.04. The summed E-state index contributed by atoms with van der Waals surface area (Å²) in [7, 11) is 0. The van der Waals surface area contributed by atoms with Gasteiger partial charge in [-0.05, 0) is 24.2 Å². The highest BCUT2D eigenvalue weighted by Gasteiger charge is 2.18. The van der Waals surface area contributed by atoms with Crippen molar-refractivity contribution in [1.29, 1.82) is 0 Å². The number of hydrogen-bond donors (Lipinski definition) is 1. The van der Waals surface area contributed by atoms with Crippen molar-refractivity contribution in [3.05, 3.63) is 34.3 Å². The molecule has 0 saturated carbocycles. The van der Waals surface area contributed by atoms with Crippen LogP contribution in [0.1, 0.15) is 18.5 Å². The van der Waals surface area contributed by atoms with Crippen LogP contribution in [0.5, 0.6) is 0 Å². The molecular weight excluding hydrogens is 252 g/mol. The second kappa shape index (κ2) is 5.10. The zero-order chi connectivity index (χ0) is 10.7. The molecule has 82 valence electrons. The number of likely N-dealkylation sites (N-methyl/N-ethyl adjacent to an activating group) is 1. The first kappa shape index (κ1) is 11.1. The lowest BCUT2D eigenvalue weighted by Gasteiger charge is -2.33. The van der Waals surface area contributed by atoms with E-state index in [-0.39, 0.29) is 0 Å². The molecule has 1 unspecified atom stereocenters. The van der Waals surface area contributed by atoms with Crippen LogP contribution in [0.15, 0.2) is 28.7 Å². The summed E-state index contributed by atoms with van der Waals surface area (Å²) in [6.07, 6.45) is 0. The molecule has 1 heterocycles. The fourth-order valence-corrected chi connectivity index (χ4v) is 2.28. The molecule has 1 N–H and O–H groups in total. The molecule has 1 fully saturated rings. The largest absolute Gasteiger partial charge is 0.308 e. The fourth-order valence-electron chi connectivity index (χ4n) is 2.02. The lowest BCUT2D eigenvalue weighted by Crippen LogP contribution is -2.45. The number of piperazine rings is 1. The highest BCUT2D eigenvalue weighted by molar-refractivity contribution is 9.10. The van der Waals surface area contributed by atoms with E-state index in [0.29, 0.717) is 6.04 Å². The van der Waals surface area contributed by atoms with Gasteiger partial charge in [-0.1, -0.05) is 35.0 Å². The maximum Gasteiger partial charge on any atom is 0.0449 e. The number of halogens is 1. The Kier molecular flexibility index (Phi) is 3.78. The first-order valence-electron chi connectivity index (χ1n) is 5.51. The highest BCUT2D eigenvalue weighted by Crippen LogP contribution is 2.19. The van der Waals surface area contributed by atoms with E-state index >= 15 is 0 Å². The summed E-state index contributed by atoms with van der Waals surface area (Å²) in [4.78, 5) is 2.49. The molecule has 0 radical (unpaired) electrons. The van der Waals surface area contributed by atoms with Gasteiger partial charge in [0.15, 0.2) is 0 Å². The van der Waals surface area contributed by atoms with Gasteiger partial charge in [0.1, 0.15) is 0 Å². The molecular formula is C12H17BrN2. The van der Waals surface area contributed by atoms with E-state index in [2.05, 4.69) is 57.3 Å². The number of nitrogens with one attached hydrogen (secondary N) is 1. The SMILES string of the molecule is CCN1CCNC(c2ccc(Br)cc2)C1. The third kappa shape index (κ3) is 2.80. The van der Waals surface area contributed by atoms with Crippen LogP contribution in [0.3, 0.4) is 0 Å². The van der Waals surface area contributed by atoms with Crippen LogP contribution in [0.25, 0.3) is 0 Å². The minimum atomic E-state index is 0.492. The van der Waals surface area contributed by atoms with Gasteiger partial charge in [0.25, 0.3) is 0 Å². The van der Waals surface area contributed by atoms with Crippen molar-refractivity contribution in [3.8, 4) is 0 Å². The minimum Gasteiger partial charge on any atom is -0.308 e. The Morgan fingerprint density at radius 3 is 2.80 bits per heavy atom. The summed E-state index contributed by atoms with van der Waals surface area (Å²) < 4.78 is 1.15. The monoisotopic (exact) mass is 268 g/mol. The van der Waals surface area contributed by atoms with Gasteiger partial charge in [-0.15, -0.1) is 0 Å². The second-order valence-corrected chi connectivity index (χ2v) is 4.87. The summed E-state index contributed by atoms with van der Waals surface area (Å²) in [5.74, 6) is 0. The molecule has 1 atom stereocenters. The summed E-state index contributed by atoms with van der Waals surface area (Å²) in [6.45, 7) is 6.76. The predicted octanol–water partition coefficient (Wildman–Crippen LogP) is 2.42. The van der Waals surface area contributed by atoms with Crippen molar-refractivity contribution in [2.24, 2.45) is 0 Å². The van der Waals surface area contributed by atoms with Crippen molar-refractivity contribution < 1.29 is 0 Å². The van der Waals surface area contributed by atoms with Crippen LogP contribution < -0.4 is 5.32 Å². The molecule has 1 aliphatic heterocycles. The quantitative estimate of drug-likeness (QED) is 0.887. The third-order valence-corrected chi connectivity index (χ3v) is 3.51. The molecule has 2 nitrogen and oxygen atoms in total. The van der Waals surface area contributed by atoms with E-state index in [0.717, 1.165) is 24.1 Å². The average molecular weight is 269 g/mol. The van der Waals surface area contributed by atoms with Gasteiger partial charge in [0.2, 0.25) is 0 Å². The Morgan fingerprint density at radius 1 is 1.40 bits per heavy atom. The molecule has 1 saturated heterocycles. The van der Waals surface area contributed by atoms with Gasteiger partial charge in [-0.25, -0.2) is 0 Å². The van der Waals surface area contributed by atoms with Crippen LogP contribution in [0.2, 0.25) is 0 Å². The number of benzene rings is 1. The lowest BCUT2D eigenvalue weighted by molar-refractivity contribution is 0.210. The Hall–Kier alpha value is -0.380. The second-order valence-electron chi connectivity index (χ2n) is 3.95. The molecule has 1 aromatic rings. The fraction of sp³-hybridized carbons (Fsp3) is 0.500. The smallest absolute Gasteiger partial charge is 0.0449 e. The van der Waals surface area contributed by atoms with E-state index < -0.39 is 0 Å². The topological polar surface area (TPSA) is 15.3 Å². The molecule has 0 amide bonds. The van der Waals surface area contributed by atoms with Gasteiger partial charge in [-0.3, -0.25) is 0 Å². The van der Waals surface area contributed by atoms with Crippen molar-refractivity contribution in [2.45, 2.75) is 13.0 Å². The molecule has 0 spiro atoms. The molecule has 15 heavy (non-hydrogen) atoms. The van der Waals surface area contributed by atoms with Gasteiger partial charge < -0.3 is 10.2 Å². The van der Waals surface area contributed by atoms with Crippen LogP contribution in [-0.4, -0.2) is 31.1 Å². The highest BCUT2D eigenvalue weighted by atomic mass is 79.9. The standard InChI is InChI=1S/C12H17BrN2/c1-2-15-8-7-14-12(9-15)10-3-5-11(13)6-4-10/h3-6,12,14H,2,7-9H2,1H3. The molecule has 0 aromatic heterocycles. The third-order valence-electron chi connectivity index (χ3n) is 2.98. The first-order valence-corrected chi connectivity index (χ1v) is 6.30. The Bertz CT molecular complexity index is 310. The predicted molar refractivity (Wildman–Crippen MR) is 67.0 cm³/mol. The van der Waals surface area contributed by atoms with Crippen molar-refractivity contribution in [3.63, 3.8) is 0 Å². The first-order chi connectivity index (χ1) is 7.29. The van der Waals surface area contributed by atoms with Crippen LogP contribution in [0.4, 0.5) is 0 Å². The van der Waals surface area contributed by atoms with Gasteiger partial charge >= 0.3 is 0 Å². The molecule has 0 bridgehead atoms. The average Bonchev–Trinajstić information content (AvgIpc) is 2.30. The van der Waals surface area contributed by atoms with Crippen LogP contribution in [0, 0.1) is 0 Å². The van der Waals surface area contributed by atoms with Crippen molar-refractivity contribution in [2.75, 3.05) is 26.2 Å². The molecule has 2 rings (SSSR count). The Balaban J connectivity index is 2.06. The number of rotatable bonds is 2. The Labute approximate surface area is 99.8 Å². The van der Waals surface area contributed by atoms with Crippen molar-refractivity contribution in [1.82, 2.24) is 10.2 Å². The minimum absolute atomic E-state index is 0.492. The van der Waals surface area contributed by atoms with Gasteiger partial charge in [-0.2, -0.15) is 0 Å².